The van der Waals surface area contributed by atoms with E-state index in [0.717, 1.165) is 0 Å². The number of hydrogen-bond donors (Lipinski definition) is 6. The number of carbonyl (C=O) groups is 1. The lowest BCUT2D eigenvalue weighted by Gasteiger charge is -2.28. The van der Waals surface area contributed by atoms with E-state index in [2.05, 4.69) is 15.3 Å². The van der Waals surface area contributed by atoms with E-state index in [0.29, 0.717) is 5.52 Å². The second kappa shape index (κ2) is 7.01. The Bertz CT molecular complexity index is 692. The van der Waals surface area contributed by atoms with Gasteiger partial charge in [-0.2, -0.15) is 0 Å². The number of carbonyl (C=O) groups excluding carboxylic acids is 1. The van der Waals surface area contributed by atoms with Crippen LogP contribution in [0.15, 0.2) is 18.2 Å². The van der Waals surface area contributed by atoms with Crippen molar-refractivity contribution in [3.05, 3.63) is 29.8 Å². The first kappa shape index (κ1) is 17.3. The number of halogens is 1. The lowest BCUT2D eigenvalue weighted by atomic mass is 10.0. The summed E-state index contributed by atoms with van der Waals surface area (Å²) in [5.41, 5.74) is 0.751. The highest BCUT2D eigenvalue weighted by molar-refractivity contribution is 5.76. The van der Waals surface area contributed by atoms with Crippen molar-refractivity contribution in [1.29, 1.82) is 0 Å². The molecule has 0 aliphatic heterocycles. The van der Waals surface area contributed by atoms with E-state index in [1.807, 2.05) is 0 Å². The minimum atomic E-state index is -1.72. The third kappa shape index (κ3) is 3.82. The zero-order chi connectivity index (χ0) is 17.1. The number of aliphatic hydroxyl groups is 4. The van der Waals surface area contributed by atoms with Gasteiger partial charge in [0.1, 0.15) is 36.0 Å². The monoisotopic (exact) mass is 327 g/mol. The van der Waals surface area contributed by atoms with Crippen molar-refractivity contribution in [3.63, 3.8) is 0 Å². The topological polar surface area (TPSA) is 139 Å². The molecule has 0 radical (unpaired) electrons. The van der Waals surface area contributed by atoms with Crippen molar-refractivity contribution < 1.29 is 29.6 Å². The third-order valence-electron chi connectivity index (χ3n) is 3.39. The summed E-state index contributed by atoms with van der Waals surface area (Å²) in [6.45, 7) is 0.438. The van der Waals surface area contributed by atoms with Gasteiger partial charge in [0.25, 0.3) is 0 Å². The van der Waals surface area contributed by atoms with Gasteiger partial charge in [-0.1, -0.05) is 0 Å². The molecular formula is C14H18FN3O5. The fraction of sp³-hybridized carbons (Fsp3) is 0.429. The van der Waals surface area contributed by atoms with Crippen molar-refractivity contribution in [2.24, 2.45) is 0 Å². The van der Waals surface area contributed by atoms with Gasteiger partial charge in [-0.25, -0.2) is 9.37 Å². The van der Waals surface area contributed by atoms with Gasteiger partial charge in [-0.15, -0.1) is 0 Å². The number of rotatable bonds is 6. The van der Waals surface area contributed by atoms with Crippen LogP contribution in [0.4, 0.5) is 4.39 Å². The van der Waals surface area contributed by atoms with Crippen LogP contribution in [0.5, 0.6) is 0 Å². The van der Waals surface area contributed by atoms with E-state index in [4.69, 9.17) is 5.11 Å². The van der Waals surface area contributed by atoms with E-state index in [-0.39, 0.29) is 11.3 Å². The maximum absolute atomic E-state index is 13.2. The Balaban J connectivity index is 2.37. The summed E-state index contributed by atoms with van der Waals surface area (Å²) in [5, 5.41) is 40.7. The van der Waals surface area contributed by atoms with E-state index in [1.165, 1.54) is 25.1 Å². The van der Waals surface area contributed by atoms with Gasteiger partial charge in [0, 0.05) is 13.0 Å². The first-order valence-electron chi connectivity index (χ1n) is 6.90. The van der Waals surface area contributed by atoms with Crippen molar-refractivity contribution in [3.8, 4) is 0 Å². The number of fused-ring (bicyclic) bond motifs is 1. The third-order valence-corrected chi connectivity index (χ3v) is 3.39. The molecule has 9 heteroatoms. The lowest BCUT2D eigenvalue weighted by Crippen LogP contribution is -2.47. The van der Waals surface area contributed by atoms with Crippen molar-refractivity contribution in [2.45, 2.75) is 31.3 Å². The summed E-state index contributed by atoms with van der Waals surface area (Å²) in [7, 11) is 0. The SMILES string of the molecule is CC(=O)N[C@@H](c1nc2cc(F)ccc2[nH]1)[C@@H](O)[C@@H](O)[C@H](O)CO. The number of benzene rings is 1. The van der Waals surface area contributed by atoms with Crippen LogP contribution in [0.2, 0.25) is 0 Å². The highest BCUT2D eigenvalue weighted by Crippen LogP contribution is 2.22. The molecule has 0 saturated heterocycles. The predicted molar refractivity (Wildman–Crippen MR) is 77.7 cm³/mol. The van der Waals surface area contributed by atoms with E-state index in [9.17, 15) is 24.5 Å². The largest absolute Gasteiger partial charge is 0.394 e. The highest BCUT2D eigenvalue weighted by atomic mass is 19.1. The Labute approximate surface area is 130 Å². The molecule has 2 rings (SSSR count). The quantitative estimate of drug-likeness (QED) is 0.400. The minimum Gasteiger partial charge on any atom is -0.394 e. The summed E-state index contributed by atoms with van der Waals surface area (Å²) in [4.78, 5) is 18.2. The molecule has 0 saturated carbocycles. The lowest BCUT2D eigenvalue weighted by molar-refractivity contribution is -0.123. The number of imidazole rings is 1. The summed E-state index contributed by atoms with van der Waals surface area (Å²) in [6, 6.07) is 2.65. The molecule has 2 aromatic rings. The first-order valence-corrected chi connectivity index (χ1v) is 6.90. The van der Waals surface area contributed by atoms with E-state index >= 15 is 0 Å². The van der Waals surface area contributed by atoms with Gasteiger partial charge in [0.15, 0.2) is 0 Å². The fourth-order valence-corrected chi connectivity index (χ4v) is 2.21. The number of aromatic amines is 1. The van der Waals surface area contributed by atoms with Crippen LogP contribution in [0.3, 0.4) is 0 Å². The molecular weight excluding hydrogens is 309 g/mol. The van der Waals surface area contributed by atoms with Gasteiger partial charge in [-0.3, -0.25) is 4.79 Å². The second-order valence-corrected chi connectivity index (χ2v) is 5.19. The van der Waals surface area contributed by atoms with Crippen LogP contribution in [-0.4, -0.2) is 61.2 Å². The molecule has 0 aliphatic carbocycles. The van der Waals surface area contributed by atoms with Crippen molar-refractivity contribution in [1.82, 2.24) is 15.3 Å². The molecule has 0 fully saturated rings. The Kier molecular flexibility index (Phi) is 5.26. The summed E-state index contributed by atoms with van der Waals surface area (Å²) in [6.07, 6.45) is -4.96. The molecule has 0 aliphatic rings. The zero-order valence-electron chi connectivity index (χ0n) is 12.3. The van der Waals surface area contributed by atoms with Crippen LogP contribution in [-0.2, 0) is 4.79 Å². The summed E-state index contributed by atoms with van der Waals surface area (Å²) >= 11 is 0. The number of nitrogens with one attached hydrogen (secondary N) is 2. The van der Waals surface area contributed by atoms with Gasteiger partial charge >= 0.3 is 0 Å². The number of H-pyrrole nitrogens is 1. The predicted octanol–water partition coefficient (Wildman–Crippen LogP) is -1.05. The van der Waals surface area contributed by atoms with Gasteiger partial charge in [-0.05, 0) is 12.1 Å². The van der Waals surface area contributed by atoms with E-state index in [1.54, 1.807) is 0 Å². The highest BCUT2D eigenvalue weighted by Gasteiger charge is 2.34. The number of amides is 1. The molecule has 1 heterocycles. The maximum Gasteiger partial charge on any atom is 0.217 e. The molecule has 8 nitrogen and oxygen atoms in total. The van der Waals surface area contributed by atoms with Crippen LogP contribution in [0.1, 0.15) is 18.8 Å². The molecule has 6 N–H and O–H groups in total. The minimum absolute atomic E-state index is 0.0810. The molecule has 1 aromatic heterocycles. The van der Waals surface area contributed by atoms with Gasteiger partial charge in [0.05, 0.1) is 17.6 Å². The normalized spacial score (nSPS) is 16.8. The van der Waals surface area contributed by atoms with E-state index < -0.39 is 42.7 Å². The maximum atomic E-state index is 13.2. The van der Waals surface area contributed by atoms with Crippen LogP contribution < -0.4 is 5.32 Å². The molecule has 0 bridgehead atoms. The molecule has 23 heavy (non-hydrogen) atoms. The zero-order valence-corrected chi connectivity index (χ0v) is 12.3. The van der Waals surface area contributed by atoms with Crippen LogP contribution >= 0.6 is 0 Å². The van der Waals surface area contributed by atoms with Gasteiger partial charge in [0.2, 0.25) is 5.91 Å². The molecule has 1 aromatic carbocycles. The number of aromatic nitrogens is 2. The smallest absolute Gasteiger partial charge is 0.217 e. The molecule has 0 unspecified atom stereocenters. The Morgan fingerprint density at radius 3 is 2.65 bits per heavy atom. The van der Waals surface area contributed by atoms with Crippen LogP contribution in [0.25, 0.3) is 11.0 Å². The van der Waals surface area contributed by atoms with Crippen LogP contribution in [0, 0.1) is 5.82 Å². The number of hydrogen-bond acceptors (Lipinski definition) is 6. The molecule has 0 spiro atoms. The van der Waals surface area contributed by atoms with Gasteiger partial charge < -0.3 is 30.7 Å². The first-order chi connectivity index (χ1) is 10.8. The summed E-state index contributed by atoms with van der Waals surface area (Å²) < 4.78 is 13.2. The number of aliphatic hydroxyl groups excluding tert-OH is 4. The average Bonchev–Trinajstić information content (AvgIpc) is 2.92. The average molecular weight is 327 g/mol. The van der Waals surface area contributed by atoms with Crippen molar-refractivity contribution in [2.75, 3.05) is 6.61 Å². The summed E-state index contributed by atoms with van der Waals surface area (Å²) in [5.74, 6) is -0.924. The molecule has 1 amide bonds. The molecule has 126 valence electrons. The Morgan fingerprint density at radius 2 is 2.04 bits per heavy atom. The standard InChI is InChI=1S/C14H18FN3O5/c1-6(20)16-11(13(23)12(22)10(21)5-19)14-17-8-3-2-7(15)4-9(8)18-14/h2-4,10-13,19,21-23H,5H2,1H3,(H,16,20)(H,17,18)/t10-,11-,12+,13-/m1/s1. The Morgan fingerprint density at radius 1 is 1.35 bits per heavy atom. The molecule has 4 atom stereocenters. The Hall–Kier alpha value is -2.07. The fourth-order valence-electron chi connectivity index (χ4n) is 2.21. The van der Waals surface area contributed by atoms with Crippen molar-refractivity contribution >= 4 is 16.9 Å². The second-order valence-electron chi connectivity index (χ2n) is 5.19. The number of nitrogens with zero attached hydrogens (tertiary/aromatic N) is 1.